The fourth-order valence-electron chi connectivity index (χ4n) is 4.43. The monoisotopic (exact) mass is 440 g/mol. The average molecular weight is 440 g/mol. The van der Waals surface area contributed by atoms with Crippen LogP contribution in [0.2, 0.25) is 0 Å². The number of rotatable bonds is 2. The van der Waals surface area contributed by atoms with Gasteiger partial charge < -0.3 is 23.4 Å². The van der Waals surface area contributed by atoms with Gasteiger partial charge in [0.2, 0.25) is 0 Å². The third-order valence-corrected chi connectivity index (χ3v) is 5.94. The quantitative estimate of drug-likeness (QED) is 0.382. The summed E-state index contributed by atoms with van der Waals surface area (Å²) in [6, 6.07) is 18.7. The Labute approximate surface area is 186 Å². The molecule has 6 rings (SSSR count). The lowest BCUT2D eigenvalue weighted by Crippen LogP contribution is -2.24. The standard InChI is InChI=1S/C26H16O7/c1-30-13-10-11-14-19(12-13)31-24-16-7-3-5-9-18(16)33-26(29)22(24)20(14)21-23(27)15-6-2-4-8-17(15)32-25(21)28/h2-12,20,27H,1H3. The van der Waals surface area contributed by atoms with Gasteiger partial charge in [0.1, 0.15) is 34.2 Å². The highest BCUT2D eigenvalue weighted by Gasteiger charge is 2.38. The fourth-order valence-corrected chi connectivity index (χ4v) is 4.43. The lowest BCUT2D eigenvalue weighted by Gasteiger charge is -2.28. The zero-order chi connectivity index (χ0) is 22.7. The van der Waals surface area contributed by atoms with E-state index in [-0.39, 0.29) is 28.2 Å². The van der Waals surface area contributed by atoms with Crippen molar-refractivity contribution >= 4 is 21.9 Å². The highest BCUT2D eigenvalue weighted by molar-refractivity contribution is 5.88. The van der Waals surface area contributed by atoms with Gasteiger partial charge >= 0.3 is 11.3 Å². The maximum atomic E-state index is 13.2. The van der Waals surface area contributed by atoms with Crippen LogP contribution in [-0.2, 0) is 0 Å². The number of para-hydroxylation sites is 2. The number of hydrogen-bond acceptors (Lipinski definition) is 7. The molecule has 5 aromatic rings. The molecule has 0 fully saturated rings. The summed E-state index contributed by atoms with van der Waals surface area (Å²) in [6.07, 6.45) is 0. The molecular formula is C26H16O7. The van der Waals surface area contributed by atoms with Crippen molar-refractivity contribution in [1.29, 1.82) is 0 Å². The Morgan fingerprint density at radius 1 is 0.818 bits per heavy atom. The second-order valence-corrected chi connectivity index (χ2v) is 7.72. The number of fused-ring (bicyclic) bond motifs is 5. The smallest absolute Gasteiger partial charge is 0.344 e. The van der Waals surface area contributed by atoms with Crippen LogP contribution in [0.3, 0.4) is 0 Å². The van der Waals surface area contributed by atoms with Crippen molar-refractivity contribution in [3.05, 3.63) is 104 Å². The molecule has 1 aliphatic rings. The molecule has 3 heterocycles. The summed E-state index contributed by atoms with van der Waals surface area (Å²) in [5.41, 5.74) is -0.265. The predicted octanol–water partition coefficient (Wildman–Crippen LogP) is 4.90. The van der Waals surface area contributed by atoms with Crippen LogP contribution in [0.4, 0.5) is 0 Å². The van der Waals surface area contributed by atoms with Gasteiger partial charge in [-0.05, 0) is 30.3 Å². The molecule has 1 aliphatic heterocycles. The van der Waals surface area contributed by atoms with E-state index in [1.54, 1.807) is 66.7 Å². The molecule has 0 bridgehead atoms. The molecule has 1 N–H and O–H groups in total. The van der Waals surface area contributed by atoms with E-state index in [0.29, 0.717) is 33.4 Å². The van der Waals surface area contributed by atoms with Gasteiger partial charge in [0, 0.05) is 11.6 Å². The Bertz CT molecular complexity index is 1670. The van der Waals surface area contributed by atoms with Gasteiger partial charge in [0.15, 0.2) is 0 Å². The van der Waals surface area contributed by atoms with E-state index in [0.717, 1.165) is 0 Å². The fraction of sp³-hybridized carbons (Fsp3) is 0.0769. The molecule has 0 saturated carbocycles. The Kier molecular flexibility index (Phi) is 4.07. The molecule has 0 amide bonds. The van der Waals surface area contributed by atoms with E-state index in [9.17, 15) is 14.7 Å². The Morgan fingerprint density at radius 3 is 2.18 bits per heavy atom. The van der Waals surface area contributed by atoms with Crippen molar-refractivity contribution in [2.75, 3.05) is 7.11 Å². The van der Waals surface area contributed by atoms with E-state index in [1.165, 1.54) is 7.11 Å². The first-order valence-corrected chi connectivity index (χ1v) is 10.2. The normalized spacial score (nSPS) is 14.5. The summed E-state index contributed by atoms with van der Waals surface area (Å²) in [7, 11) is 1.53. The summed E-state index contributed by atoms with van der Waals surface area (Å²) in [6.45, 7) is 0. The maximum absolute atomic E-state index is 13.2. The van der Waals surface area contributed by atoms with Crippen LogP contribution in [0, 0.1) is 0 Å². The van der Waals surface area contributed by atoms with E-state index < -0.39 is 17.2 Å². The van der Waals surface area contributed by atoms with Crippen molar-refractivity contribution in [2.24, 2.45) is 0 Å². The molecule has 7 nitrogen and oxygen atoms in total. The Morgan fingerprint density at radius 2 is 1.45 bits per heavy atom. The maximum Gasteiger partial charge on any atom is 0.344 e. The van der Waals surface area contributed by atoms with Gasteiger partial charge in [-0.15, -0.1) is 0 Å². The SMILES string of the molecule is COc1ccc2c(c1)Oc1c(c(=O)oc3ccccc13)C2c1c(O)c2ccccc2oc1=O. The lowest BCUT2D eigenvalue weighted by molar-refractivity contribution is 0.401. The third-order valence-electron chi connectivity index (χ3n) is 5.94. The molecule has 3 aromatic carbocycles. The van der Waals surface area contributed by atoms with Gasteiger partial charge in [0.05, 0.1) is 34.9 Å². The van der Waals surface area contributed by atoms with Crippen molar-refractivity contribution in [3.8, 4) is 23.0 Å². The third kappa shape index (κ3) is 2.75. The molecule has 0 saturated heterocycles. The van der Waals surface area contributed by atoms with E-state index >= 15 is 0 Å². The van der Waals surface area contributed by atoms with Gasteiger partial charge in [0.25, 0.3) is 0 Å². The summed E-state index contributed by atoms with van der Waals surface area (Å²) in [4.78, 5) is 26.3. The molecule has 33 heavy (non-hydrogen) atoms. The number of benzene rings is 3. The molecule has 2 aromatic heterocycles. The first-order chi connectivity index (χ1) is 16.1. The van der Waals surface area contributed by atoms with Crippen LogP contribution in [0.5, 0.6) is 23.0 Å². The molecule has 7 heteroatoms. The minimum atomic E-state index is -0.976. The van der Waals surface area contributed by atoms with E-state index in [1.807, 2.05) is 0 Å². The topological polar surface area (TPSA) is 99.1 Å². The Balaban J connectivity index is 1.76. The summed E-state index contributed by atoms with van der Waals surface area (Å²) >= 11 is 0. The highest BCUT2D eigenvalue weighted by Crippen LogP contribution is 2.50. The second kappa shape index (κ2) is 7.00. The summed E-state index contributed by atoms with van der Waals surface area (Å²) in [5, 5.41) is 12.1. The number of hydrogen-bond donors (Lipinski definition) is 1. The van der Waals surface area contributed by atoms with Crippen LogP contribution >= 0.6 is 0 Å². The van der Waals surface area contributed by atoms with Gasteiger partial charge in [-0.2, -0.15) is 0 Å². The molecule has 0 aliphatic carbocycles. The van der Waals surface area contributed by atoms with Gasteiger partial charge in [-0.1, -0.05) is 30.3 Å². The number of ether oxygens (including phenoxy) is 2. The zero-order valence-corrected chi connectivity index (χ0v) is 17.3. The van der Waals surface area contributed by atoms with E-state index in [2.05, 4.69) is 0 Å². The highest BCUT2D eigenvalue weighted by atomic mass is 16.5. The minimum Gasteiger partial charge on any atom is -0.507 e. The largest absolute Gasteiger partial charge is 0.507 e. The molecule has 1 atom stereocenters. The summed E-state index contributed by atoms with van der Waals surface area (Å²) < 4.78 is 22.6. The lowest BCUT2D eigenvalue weighted by atomic mass is 9.82. The van der Waals surface area contributed by atoms with Crippen molar-refractivity contribution in [1.82, 2.24) is 0 Å². The van der Waals surface area contributed by atoms with Crippen LogP contribution in [0.15, 0.2) is 85.2 Å². The molecule has 1 unspecified atom stereocenters. The minimum absolute atomic E-state index is 0.0627. The molecule has 0 spiro atoms. The summed E-state index contributed by atoms with van der Waals surface area (Å²) in [5.74, 6) is -0.0301. The Hall–Kier alpha value is -4.52. The van der Waals surface area contributed by atoms with Crippen LogP contribution in [0.1, 0.15) is 22.6 Å². The first-order valence-electron chi connectivity index (χ1n) is 10.2. The van der Waals surface area contributed by atoms with Crippen molar-refractivity contribution in [2.45, 2.75) is 5.92 Å². The van der Waals surface area contributed by atoms with Gasteiger partial charge in [-0.3, -0.25) is 0 Å². The molecule has 162 valence electrons. The van der Waals surface area contributed by atoms with Crippen LogP contribution in [-0.4, -0.2) is 12.2 Å². The van der Waals surface area contributed by atoms with Crippen molar-refractivity contribution < 1.29 is 23.4 Å². The molecular weight excluding hydrogens is 424 g/mol. The van der Waals surface area contributed by atoms with Crippen molar-refractivity contribution in [3.63, 3.8) is 0 Å². The zero-order valence-electron chi connectivity index (χ0n) is 17.3. The average Bonchev–Trinajstić information content (AvgIpc) is 2.83. The van der Waals surface area contributed by atoms with E-state index in [4.69, 9.17) is 18.3 Å². The molecule has 0 radical (unpaired) electrons. The van der Waals surface area contributed by atoms with Crippen LogP contribution < -0.4 is 20.7 Å². The second-order valence-electron chi connectivity index (χ2n) is 7.72. The predicted molar refractivity (Wildman–Crippen MR) is 121 cm³/mol. The first kappa shape index (κ1) is 19.2. The van der Waals surface area contributed by atoms with Gasteiger partial charge in [-0.25, -0.2) is 9.59 Å². The number of methoxy groups -OCH3 is 1. The van der Waals surface area contributed by atoms with Crippen LogP contribution in [0.25, 0.3) is 21.9 Å². The number of aromatic hydroxyl groups is 1.